The van der Waals surface area contributed by atoms with Crippen molar-refractivity contribution in [1.82, 2.24) is 0 Å². The quantitative estimate of drug-likeness (QED) is 0.472. The van der Waals surface area contributed by atoms with E-state index in [1.807, 2.05) is 0 Å². The lowest BCUT2D eigenvalue weighted by atomic mass is 10.2. The molecule has 1 rings (SSSR count). The molecule has 0 saturated carbocycles. The molecular weight excluding hydrogens is 273 g/mol. The minimum absolute atomic E-state index is 0.228. The van der Waals surface area contributed by atoms with E-state index in [0.29, 0.717) is 0 Å². The third kappa shape index (κ3) is 2.30. The van der Waals surface area contributed by atoms with Crippen molar-refractivity contribution < 1.29 is 18.8 Å². The number of rotatable bonds is 2. The number of carbonyl (C=O) groups is 1. The lowest BCUT2D eigenvalue weighted by molar-refractivity contribution is -0.387. The monoisotopic (exact) mass is 277 g/mol. The number of methoxy groups -OCH3 is 1. The van der Waals surface area contributed by atoms with E-state index in [1.165, 1.54) is 0 Å². The van der Waals surface area contributed by atoms with Gasteiger partial charge in [-0.15, -0.1) is 0 Å². The fraction of sp³-hybridized carbons (Fsp3) is 0.125. The van der Waals surface area contributed by atoms with Crippen LogP contribution in [0.3, 0.4) is 0 Å². The van der Waals surface area contributed by atoms with E-state index < -0.39 is 28.0 Å². The van der Waals surface area contributed by atoms with E-state index in [0.717, 1.165) is 19.2 Å². The third-order valence-electron chi connectivity index (χ3n) is 1.62. The second kappa shape index (κ2) is 4.35. The topological polar surface area (TPSA) is 69.4 Å². The van der Waals surface area contributed by atoms with Gasteiger partial charge in [-0.25, -0.2) is 4.79 Å². The second-order valence-corrected chi connectivity index (χ2v) is 3.45. The SMILES string of the molecule is COC(=O)c1cc(Br)cc(F)c1[N+](=O)[O-]. The zero-order valence-electron chi connectivity index (χ0n) is 7.49. The van der Waals surface area contributed by atoms with E-state index >= 15 is 0 Å². The van der Waals surface area contributed by atoms with Crippen molar-refractivity contribution in [1.29, 1.82) is 0 Å². The first-order valence-electron chi connectivity index (χ1n) is 3.69. The number of ether oxygens (including phenoxy) is 1. The first-order chi connectivity index (χ1) is 6.97. The lowest BCUT2D eigenvalue weighted by Gasteiger charge is -2.02. The summed E-state index contributed by atoms with van der Waals surface area (Å²) in [5.41, 5.74) is -1.31. The van der Waals surface area contributed by atoms with Crippen LogP contribution in [0.25, 0.3) is 0 Å². The number of hydrogen-bond donors (Lipinski definition) is 0. The molecule has 0 atom stereocenters. The van der Waals surface area contributed by atoms with Gasteiger partial charge >= 0.3 is 11.7 Å². The summed E-state index contributed by atoms with van der Waals surface area (Å²) in [6.07, 6.45) is 0. The lowest BCUT2D eigenvalue weighted by Crippen LogP contribution is -2.07. The Kier molecular flexibility index (Phi) is 3.35. The van der Waals surface area contributed by atoms with E-state index in [9.17, 15) is 19.3 Å². The molecule has 0 radical (unpaired) electrons. The second-order valence-electron chi connectivity index (χ2n) is 2.53. The van der Waals surface area contributed by atoms with Gasteiger partial charge in [-0.3, -0.25) is 10.1 Å². The van der Waals surface area contributed by atoms with E-state index in [-0.39, 0.29) is 4.47 Å². The van der Waals surface area contributed by atoms with Gasteiger partial charge < -0.3 is 4.74 Å². The van der Waals surface area contributed by atoms with Gasteiger partial charge in [0.15, 0.2) is 0 Å². The Morgan fingerprint density at radius 3 is 2.67 bits per heavy atom. The number of nitro benzene ring substituents is 1. The maximum absolute atomic E-state index is 13.2. The Morgan fingerprint density at radius 1 is 1.60 bits per heavy atom. The molecule has 0 aliphatic carbocycles. The summed E-state index contributed by atoms with van der Waals surface area (Å²) in [7, 11) is 1.06. The molecule has 0 spiro atoms. The van der Waals surface area contributed by atoms with E-state index in [4.69, 9.17) is 0 Å². The summed E-state index contributed by atoms with van der Waals surface area (Å²) in [5, 5.41) is 10.5. The summed E-state index contributed by atoms with van der Waals surface area (Å²) in [5.74, 6) is -2.04. The van der Waals surface area contributed by atoms with Crippen molar-refractivity contribution in [2.75, 3.05) is 7.11 Å². The zero-order valence-corrected chi connectivity index (χ0v) is 9.08. The van der Waals surface area contributed by atoms with Crippen LogP contribution in [0, 0.1) is 15.9 Å². The Morgan fingerprint density at radius 2 is 2.20 bits per heavy atom. The molecule has 0 aliphatic heterocycles. The van der Waals surface area contributed by atoms with Crippen molar-refractivity contribution in [3.05, 3.63) is 38.1 Å². The fourth-order valence-corrected chi connectivity index (χ4v) is 1.45. The fourth-order valence-electron chi connectivity index (χ4n) is 1.02. The van der Waals surface area contributed by atoms with Gasteiger partial charge in [0.2, 0.25) is 5.82 Å². The molecule has 5 nitrogen and oxygen atoms in total. The molecule has 0 N–H and O–H groups in total. The number of esters is 1. The smallest absolute Gasteiger partial charge is 0.345 e. The maximum atomic E-state index is 13.2. The van der Waals surface area contributed by atoms with Crippen molar-refractivity contribution in [3.8, 4) is 0 Å². The van der Waals surface area contributed by atoms with Gasteiger partial charge in [-0.2, -0.15) is 4.39 Å². The molecule has 0 saturated heterocycles. The van der Waals surface area contributed by atoms with Crippen molar-refractivity contribution in [3.63, 3.8) is 0 Å². The number of halogens is 2. The number of nitrogens with zero attached hydrogens (tertiary/aromatic N) is 1. The molecule has 15 heavy (non-hydrogen) atoms. The van der Waals surface area contributed by atoms with Crippen LogP contribution >= 0.6 is 15.9 Å². The Labute approximate surface area is 92.1 Å². The van der Waals surface area contributed by atoms with Crippen LogP contribution in [0.4, 0.5) is 10.1 Å². The first-order valence-corrected chi connectivity index (χ1v) is 4.48. The standard InChI is InChI=1S/C8H5BrFNO4/c1-15-8(12)5-2-4(9)3-6(10)7(5)11(13)14/h2-3H,1H3. The molecule has 1 aromatic carbocycles. The number of hydrogen-bond acceptors (Lipinski definition) is 4. The van der Waals surface area contributed by atoms with Gasteiger partial charge in [0, 0.05) is 4.47 Å². The molecule has 0 unspecified atom stereocenters. The molecule has 0 fully saturated rings. The number of benzene rings is 1. The molecular formula is C8H5BrFNO4. The number of carbonyl (C=O) groups excluding carboxylic acids is 1. The van der Waals surface area contributed by atoms with Crippen LogP contribution in [0.15, 0.2) is 16.6 Å². The van der Waals surface area contributed by atoms with Crippen molar-refractivity contribution in [2.24, 2.45) is 0 Å². The third-order valence-corrected chi connectivity index (χ3v) is 2.07. The zero-order chi connectivity index (χ0) is 11.6. The van der Waals surface area contributed by atoms with E-state index in [2.05, 4.69) is 20.7 Å². The predicted molar refractivity (Wildman–Crippen MR) is 52.1 cm³/mol. The van der Waals surface area contributed by atoms with Crippen LogP contribution in [0.2, 0.25) is 0 Å². The highest BCUT2D eigenvalue weighted by Crippen LogP contribution is 2.27. The van der Waals surface area contributed by atoms with Gasteiger partial charge in [0.1, 0.15) is 5.56 Å². The van der Waals surface area contributed by atoms with Gasteiger partial charge in [0.25, 0.3) is 0 Å². The summed E-state index contributed by atoms with van der Waals surface area (Å²) >= 11 is 2.92. The first kappa shape index (κ1) is 11.6. The Bertz CT molecular complexity index is 435. The van der Waals surface area contributed by atoms with Crippen LogP contribution in [0.1, 0.15) is 10.4 Å². The molecule has 0 bridgehead atoms. The maximum Gasteiger partial charge on any atom is 0.345 e. The van der Waals surface area contributed by atoms with Crippen LogP contribution in [0.5, 0.6) is 0 Å². The summed E-state index contributed by atoms with van der Waals surface area (Å²) in [4.78, 5) is 20.7. The van der Waals surface area contributed by atoms with Crippen LogP contribution < -0.4 is 0 Å². The molecule has 0 heterocycles. The predicted octanol–water partition coefficient (Wildman–Crippen LogP) is 2.28. The molecule has 0 aromatic heterocycles. The molecule has 80 valence electrons. The average Bonchev–Trinajstić information content (AvgIpc) is 2.14. The minimum Gasteiger partial charge on any atom is -0.465 e. The highest BCUT2D eigenvalue weighted by Gasteiger charge is 2.26. The van der Waals surface area contributed by atoms with Crippen LogP contribution in [-0.4, -0.2) is 18.0 Å². The normalized spacial score (nSPS) is 9.80. The summed E-state index contributed by atoms with van der Waals surface area (Å²) in [6.45, 7) is 0. The Hall–Kier alpha value is -1.50. The molecule has 0 aliphatic rings. The highest BCUT2D eigenvalue weighted by molar-refractivity contribution is 9.10. The van der Waals surface area contributed by atoms with Gasteiger partial charge in [0.05, 0.1) is 12.0 Å². The Balaban J connectivity index is 3.46. The highest BCUT2D eigenvalue weighted by atomic mass is 79.9. The molecule has 1 aromatic rings. The van der Waals surface area contributed by atoms with Gasteiger partial charge in [-0.05, 0) is 12.1 Å². The molecule has 7 heteroatoms. The molecule has 0 amide bonds. The minimum atomic E-state index is -1.09. The van der Waals surface area contributed by atoms with Crippen molar-refractivity contribution in [2.45, 2.75) is 0 Å². The number of nitro groups is 1. The largest absolute Gasteiger partial charge is 0.465 e. The van der Waals surface area contributed by atoms with Crippen molar-refractivity contribution >= 4 is 27.6 Å². The summed E-state index contributed by atoms with van der Waals surface area (Å²) < 4.78 is 17.7. The van der Waals surface area contributed by atoms with E-state index in [1.54, 1.807) is 0 Å². The van der Waals surface area contributed by atoms with Crippen LogP contribution in [-0.2, 0) is 4.74 Å². The average molecular weight is 278 g/mol. The summed E-state index contributed by atoms with van der Waals surface area (Å²) in [6, 6.07) is 2.04. The van der Waals surface area contributed by atoms with Gasteiger partial charge in [-0.1, -0.05) is 15.9 Å².